The van der Waals surface area contributed by atoms with E-state index in [2.05, 4.69) is 48.6 Å². The average Bonchev–Trinajstić information content (AvgIpc) is 3.10. The molecule has 1 aliphatic rings. The summed E-state index contributed by atoms with van der Waals surface area (Å²) in [7, 11) is 4.11. The van der Waals surface area contributed by atoms with Crippen molar-refractivity contribution in [1.29, 1.82) is 0 Å². The Bertz CT molecular complexity index is 328. The summed E-state index contributed by atoms with van der Waals surface area (Å²) in [5.41, 5.74) is 8.33. The first-order chi connectivity index (χ1) is 7.70. The lowest BCUT2D eigenvalue weighted by Crippen LogP contribution is -2.29. The highest BCUT2D eigenvalue weighted by molar-refractivity contribution is 5.46. The molecular formula is C13H21N3. The molecule has 16 heavy (non-hydrogen) atoms. The molecule has 1 aliphatic carbocycles. The van der Waals surface area contributed by atoms with Gasteiger partial charge in [0.25, 0.3) is 0 Å². The van der Waals surface area contributed by atoms with E-state index in [4.69, 9.17) is 5.73 Å². The standard InChI is InChI=1S/C13H21N3/c1-16(2)12-7-3-10(4-8-12)13(9-14)15-11-5-6-11/h3-4,7-8,11,13,15H,5-6,9,14H2,1-2H3. The number of nitrogens with one attached hydrogen (secondary N) is 1. The number of hydrogen-bond donors (Lipinski definition) is 2. The minimum atomic E-state index is 0.309. The second-order valence-corrected chi connectivity index (χ2v) is 4.72. The minimum Gasteiger partial charge on any atom is -0.378 e. The van der Waals surface area contributed by atoms with Crippen LogP contribution in [0.1, 0.15) is 24.4 Å². The Morgan fingerprint density at radius 1 is 1.31 bits per heavy atom. The van der Waals surface area contributed by atoms with Gasteiger partial charge in [0.15, 0.2) is 0 Å². The molecular weight excluding hydrogens is 198 g/mol. The van der Waals surface area contributed by atoms with Gasteiger partial charge in [-0.05, 0) is 30.5 Å². The van der Waals surface area contributed by atoms with Crippen LogP contribution in [-0.2, 0) is 0 Å². The van der Waals surface area contributed by atoms with Crippen LogP contribution >= 0.6 is 0 Å². The largest absolute Gasteiger partial charge is 0.378 e. The molecule has 0 bridgehead atoms. The summed E-state index contributed by atoms with van der Waals surface area (Å²) in [6.07, 6.45) is 2.60. The lowest BCUT2D eigenvalue weighted by Gasteiger charge is -2.18. The summed E-state index contributed by atoms with van der Waals surface area (Å²) in [5, 5.41) is 3.57. The molecule has 1 aromatic carbocycles. The molecule has 3 heteroatoms. The molecule has 1 fully saturated rings. The van der Waals surface area contributed by atoms with Gasteiger partial charge in [0.2, 0.25) is 0 Å². The number of nitrogens with two attached hydrogens (primary N) is 1. The van der Waals surface area contributed by atoms with Crippen LogP contribution in [0.3, 0.4) is 0 Å². The van der Waals surface area contributed by atoms with Crippen molar-refractivity contribution in [2.24, 2.45) is 5.73 Å². The fraction of sp³-hybridized carbons (Fsp3) is 0.538. The quantitative estimate of drug-likeness (QED) is 0.788. The molecule has 2 rings (SSSR count). The molecule has 3 N–H and O–H groups in total. The van der Waals surface area contributed by atoms with E-state index in [0.29, 0.717) is 18.6 Å². The number of hydrogen-bond acceptors (Lipinski definition) is 3. The van der Waals surface area contributed by atoms with Crippen LogP contribution in [0.15, 0.2) is 24.3 Å². The Balaban J connectivity index is 2.05. The Morgan fingerprint density at radius 3 is 2.38 bits per heavy atom. The van der Waals surface area contributed by atoms with Gasteiger partial charge < -0.3 is 16.0 Å². The maximum atomic E-state index is 5.81. The zero-order chi connectivity index (χ0) is 11.5. The van der Waals surface area contributed by atoms with Crippen molar-refractivity contribution in [2.75, 3.05) is 25.5 Å². The van der Waals surface area contributed by atoms with E-state index in [9.17, 15) is 0 Å². The SMILES string of the molecule is CN(C)c1ccc(C(CN)NC2CC2)cc1. The maximum Gasteiger partial charge on any atom is 0.0446 e. The van der Waals surface area contributed by atoms with E-state index >= 15 is 0 Å². The van der Waals surface area contributed by atoms with Gasteiger partial charge in [-0.3, -0.25) is 0 Å². The van der Waals surface area contributed by atoms with Crippen LogP contribution in [0.5, 0.6) is 0 Å². The van der Waals surface area contributed by atoms with Crippen molar-refractivity contribution < 1.29 is 0 Å². The van der Waals surface area contributed by atoms with E-state index in [1.807, 2.05) is 0 Å². The first kappa shape index (κ1) is 11.4. The van der Waals surface area contributed by atoms with E-state index in [-0.39, 0.29) is 0 Å². The first-order valence-electron chi connectivity index (χ1n) is 5.94. The predicted octanol–water partition coefficient (Wildman–Crippen LogP) is 1.50. The second kappa shape index (κ2) is 4.85. The highest BCUT2D eigenvalue weighted by Gasteiger charge is 2.24. The zero-order valence-electron chi connectivity index (χ0n) is 10.1. The molecule has 0 aliphatic heterocycles. The summed E-state index contributed by atoms with van der Waals surface area (Å²) in [6, 6.07) is 9.63. The highest BCUT2D eigenvalue weighted by atomic mass is 15.1. The molecule has 88 valence electrons. The summed E-state index contributed by atoms with van der Waals surface area (Å²) in [5.74, 6) is 0. The predicted molar refractivity (Wildman–Crippen MR) is 68.7 cm³/mol. The third kappa shape index (κ3) is 2.74. The molecule has 0 aromatic heterocycles. The Labute approximate surface area is 97.6 Å². The van der Waals surface area contributed by atoms with Crippen LogP contribution in [0, 0.1) is 0 Å². The molecule has 0 heterocycles. The van der Waals surface area contributed by atoms with E-state index in [0.717, 1.165) is 0 Å². The monoisotopic (exact) mass is 219 g/mol. The average molecular weight is 219 g/mol. The maximum absolute atomic E-state index is 5.81. The molecule has 3 nitrogen and oxygen atoms in total. The van der Waals surface area contributed by atoms with Gasteiger partial charge in [0.05, 0.1) is 0 Å². The lowest BCUT2D eigenvalue weighted by atomic mass is 10.1. The minimum absolute atomic E-state index is 0.309. The topological polar surface area (TPSA) is 41.3 Å². The van der Waals surface area contributed by atoms with Crippen LogP contribution in [0.25, 0.3) is 0 Å². The zero-order valence-corrected chi connectivity index (χ0v) is 10.1. The van der Waals surface area contributed by atoms with Crippen LogP contribution < -0.4 is 16.0 Å². The fourth-order valence-electron chi connectivity index (χ4n) is 1.84. The highest BCUT2D eigenvalue weighted by Crippen LogP contribution is 2.24. The Hall–Kier alpha value is -1.06. The normalized spacial score (nSPS) is 17.2. The first-order valence-corrected chi connectivity index (χ1v) is 5.94. The molecule has 1 saturated carbocycles. The van der Waals surface area contributed by atoms with E-state index in [1.54, 1.807) is 0 Å². The molecule has 0 spiro atoms. The summed E-state index contributed by atoms with van der Waals surface area (Å²) in [6.45, 7) is 0.664. The molecule has 1 atom stereocenters. The molecule has 0 radical (unpaired) electrons. The van der Waals surface area contributed by atoms with Crippen molar-refractivity contribution in [3.63, 3.8) is 0 Å². The Kier molecular flexibility index (Phi) is 3.46. The Morgan fingerprint density at radius 2 is 1.94 bits per heavy atom. The van der Waals surface area contributed by atoms with Gasteiger partial charge in [-0.2, -0.15) is 0 Å². The second-order valence-electron chi connectivity index (χ2n) is 4.72. The van der Waals surface area contributed by atoms with Gasteiger partial charge in [-0.25, -0.2) is 0 Å². The molecule has 0 saturated heterocycles. The van der Waals surface area contributed by atoms with E-state index in [1.165, 1.54) is 24.1 Å². The summed E-state index contributed by atoms with van der Waals surface area (Å²) < 4.78 is 0. The third-order valence-corrected chi connectivity index (χ3v) is 3.06. The van der Waals surface area contributed by atoms with Gasteiger partial charge in [0, 0.05) is 38.4 Å². The van der Waals surface area contributed by atoms with Gasteiger partial charge in [-0.15, -0.1) is 0 Å². The molecule has 0 amide bonds. The van der Waals surface area contributed by atoms with Crippen molar-refractivity contribution in [3.05, 3.63) is 29.8 Å². The van der Waals surface area contributed by atoms with Crippen LogP contribution in [-0.4, -0.2) is 26.7 Å². The number of benzene rings is 1. The van der Waals surface area contributed by atoms with Crippen molar-refractivity contribution in [2.45, 2.75) is 24.9 Å². The molecule has 1 aromatic rings. The van der Waals surface area contributed by atoms with Gasteiger partial charge >= 0.3 is 0 Å². The van der Waals surface area contributed by atoms with Crippen LogP contribution in [0.4, 0.5) is 5.69 Å². The summed E-state index contributed by atoms with van der Waals surface area (Å²) in [4.78, 5) is 2.11. The van der Waals surface area contributed by atoms with Crippen molar-refractivity contribution in [1.82, 2.24) is 5.32 Å². The van der Waals surface area contributed by atoms with Crippen LogP contribution in [0.2, 0.25) is 0 Å². The van der Waals surface area contributed by atoms with Crippen molar-refractivity contribution >= 4 is 5.69 Å². The van der Waals surface area contributed by atoms with Gasteiger partial charge in [-0.1, -0.05) is 12.1 Å². The lowest BCUT2D eigenvalue weighted by molar-refractivity contribution is 0.539. The van der Waals surface area contributed by atoms with Crippen molar-refractivity contribution in [3.8, 4) is 0 Å². The van der Waals surface area contributed by atoms with E-state index < -0.39 is 0 Å². The summed E-state index contributed by atoms with van der Waals surface area (Å²) >= 11 is 0. The third-order valence-electron chi connectivity index (χ3n) is 3.06. The molecule has 1 unspecified atom stereocenters. The smallest absolute Gasteiger partial charge is 0.0446 e. The number of anilines is 1. The number of rotatable bonds is 5. The number of nitrogens with zero attached hydrogens (tertiary/aromatic N) is 1. The fourth-order valence-corrected chi connectivity index (χ4v) is 1.84. The van der Waals surface area contributed by atoms with Gasteiger partial charge in [0.1, 0.15) is 0 Å².